The number of nitrogens with zero attached hydrogens (tertiary/aromatic N) is 6. The number of carbonyl (C=O) groups is 1. The van der Waals surface area contributed by atoms with Crippen LogP contribution in [0.5, 0.6) is 6.01 Å². The van der Waals surface area contributed by atoms with Crippen molar-refractivity contribution in [2.24, 2.45) is 5.34 Å². The summed E-state index contributed by atoms with van der Waals surface area (Å²) in [6.45, 7) is 3.21. The minimum Gasteiger partial charge on any atom is -0.465 e. The maximum atomic E-state index is 13.1. The first-order chi connectivity index (χ1) is 20.7. The molecular weight excluding hydrogens is 542 g/mol. The number of imidazole rings is 1. The van der Waals surface area contributed by atoms with Gasteiger partial charge in [-0.05, 0) is 60.2 Å². The minimum atomic E-state index is -0.442. The molecule has 0 atom stereocenters. The van der Waals surface area contributed by atoms with E-state index in [4.69, 9.17) is 9.47 Å². The smallest absolute Gasteiger partial charge is 0.340 e. The van der Waals surface area contributed by atoms with E-state index < -0.39 is 5.97 Å². The summed E-state index contributed by atoms with van der Waals surface area (Å²) in [7, 11) is 0. The lowest BCUT2D eigenvalue weighted by atomic mass is 9.98. The number of carbonyl (C=O) groups excluding carboxylic acids is 1. The second-order valence-electron chi connectivity index (χ2n) is 9.23. The Balaban J connectivity index is 1.34. The molecule has 0 unspecified atom stereocenters. The number of hydrogen-bond donors (Lipinski definition) is 1. The zero-order valence-corrected chi connectivity index (χ0v) is 22.9. The molecule has 3 aromatic carbocycles. The van der Waals surface area contributed by atoms with Crippen molar-refractivity contribution in [1.29, 1.82) is 0 Å². The zero-order valence-electron chi connectivity index (χ0n) is 22.9. The highest BCUT2D eigenvalue weighted by Gasteiger charge is 2.20. The summed E-state index contributed by atoms with van der Waals surface area (Å²) < 4.78 is 13.3. The van der Waals surface area contributed by atoms with Crippen LogP contribution < -0.4 is 4.74 Å². The molecule has 216 valence electrons. The molecule has 5 aromatic rings. The third-order valence-electron chi connectivity index (χ3n) is 6.53. The van der Waals surface area contributed by atoms with Crippen LogP contribution in [0.3, 0.4) is 0 Å². The number of aromatic nitrogens is 6. The fourth-order valence-electron chi connectivity index (χ4n) is 4.63. The number of tetrazole rings is 1. The maximum absolute atomic E-state index is 13.1. The molecule has 0 radical (unpaired) electrons. The van der Waals surface area contributed by atoms with Crippen LogP contribution in [0.4, 0.5) is 0 Å². The molecule has 0 spiro atoms. The second-order valence-corrected chi connectivity index (χ2v) is 9.23. The molecule has 5 rings (SSSR count). The summed E-state index contributed by atoms with van der Waals surface area (Å²) in [5.74, 6) is 0.0825. The monoisotopic (exact) mass is 571 g/mol. The van der Waals surface area contributed by atoms with Crippen molar-refractivity contribution in [2.75, 3.05) is 19.8 Å². The SMILES string of the molecule is CCOc1nc2cccc(C(=O)OCCCCCOON=O)c2n1Cc1ccc(-c2ccccc2-c2nn[nH]n2)cc1. The van der Waals surface area contributed by atoms with E-state index in [0.29, 0.717) is 54.4 Å². The molecular formula is C29H29N7O6. The lowest BCUT2D eigenvalue weighted by Gasteiger charge is -2.13. The Hall–Kier alpha value is -5.17. The van der Waals surface area contributed by atoms with Gasteiger partial charge < -0.3 is 9.47 Å². The summed E-state index contributed by atoms with van der Waals surface area (Å²) in [4.78, 5) is 36.1. The van der Waals surface area contributed by atoms with Crippen molar-refractivity contribution in [1.82, 2.24) is 30.2 Å². The molecule has 13 nitrogen and oxygen atoms in total. The first kappa shape index (κ1) is 28.4. The highest BCUT2D eigenvalue weighted by Crippen LogP contribution is 2.31. The number of fused-ring (bicyclic) bond motifs is 1. The van der Waals surface area contributed by atoms with Crippen molar-refractivity contribution in [3.63, 3.8) is 0 Å². The van der Waals surface area contributed by atoms with E-state index in [2.05, 4.69) is 40.8 Å². The van der Waals surface area contributed by atoms with Crippen LogP contribution in [0, 0.1) is 4.91 Å². The van der Waals surface area contributed by atoms with Crippen LogP contribution in [-0.2, 0) is 21.2 Å². The van der Waals surface area contributed by atoms with Crippen LogP contribution in [0.15, 0.2) is 72.1 Å². The molecule has 0 saturated heterocycles. The minimum absolute atomic E-state index is 0.227. The van der Waals surface area contributed by atoms with Gasteiger partial charge in [-0.3, -0.25) is 4.57 Å². The van der Waals surface area contributed by atoms with Crippen LogP contribution in [0.1, 0.15) is 42.1 Å². The second kappa shape index (κ2) is 13.9. The van der Waals surface area contributed by atoms with Crippen molar-refractivity contribution in [3.8, 4) is 28.5 Å². The fourth-order valence-corrected chi connectivity index (χ4v) is 4.63. The Bertz CT molecular complexity index is 1620. The Kier molecular flexibility index (Phi) is 9.42. The lowest BCUT2D eigenvalue weighted by molar-refractivity contribution is -0.298. The normalized spacial score (nSPS) is 11.0. The molecule has 0 aliphatic carbocycles. The number of para-hydroxylation sites is 1. The van der Waals surface area contributed by atoms with Crippen LogP contribution in [-0.4, -0.2) is 56.0 Å². The van der Waals surface area contributed by atoms with E-state index in [1.54, 1.807) is 12.1 Å². The fraction of sp³-hybridized carbons (Fsp3) is 0.276. The molecule has 2 heterocycles. The van der Waals surface area contributed by atoms with Gasteiger partial charge in [-0.25, -0.2) is 4.79 Å². The molecule has 1 N–H and O–H groups in total. The van der Waals surface area contributed by atoms with Crippen molar-refractivity contribution < 1.29 is 24.1 Å². The Morgan fingerprint density at radius 1 is 0.952 bits per heavy atom. The first-order valence-electron chi connectivity index (χ1n) is 13.5. The van der Waals surface area contributed by atoms with Gasteiger partial charge in [-0.2, -0.15) is 20.1 Å². The Morgan fingerprint density at radius 2 is 1.76 bits per heavy atom. The largest absolute Gasteiger partial charge is 0.465 e. The molecule has 2 aromatic heterocycles. The Labute approximate surface area is 240 Å². The first-order valence-corrected chi connectivity index (χ1v) is 13.5. The average Bonchev–Trinajstić information content (AvgIpc) is 3.68. The van der Waals surface area contributed by atoms with E-state index in [0.717, 1.165) is 28.7 Å². The molecule has 0 saturated carbocycles. The van der Waals surface area contributed by atoms with Gasteiger partial charge in [0.1, 0.15) is 0 Å². The number of H-pyrrole nitrogens is 1. The zero-order chi connectivity index (χ0) is 29.1. The Morgan fingerprint density at radius 3 is 2.52 bits per heavy atom. The molecule has 0 amide bonds. The topological polar surface area (TPSA) is 156 Å². The quantitative estimate of drug-likeness (QED) is 0.0576. The highest BCUT2D eigenvalue weighted by molar-refractivity contribution is 6.02. The van der Waals surface area contributed by atoms with E-state index in [9.17, 15) is 9.70 Å². The molecule has 0 bridgehead atoms. The molecule has 0 fully saturated rings. The predicted octanol–water partition coefficient (Wildman–Crippen LogP) is 5.29. The lowest BCUT2D eigenvalue weighted by Crippen LogP contribution is -2.11. The number of nitrogens with one attached hydrogen (secondary N) is 1. The van der Waals surface area contributed by atoms with Gasteiger partial charge in [0.15, 0.2) is 5.34 Å². The van der Waals surface area contributed by atoms with Crippen LogP contribution >= 0.6 is 0 Å². The number of benzene rings is 3. The maximum Gasteiger partial charge on any atom is 0.340 e. The van der Waals surface area contributed by atoms with Gasteiger partial charge >= 0.3 is 5.97 Å². The standard InChI is InChI=1S/C29H29N7O6/c1-2-39-29-30-25-12-8-11-24(28(37)40-17-6-3-7-18-41-42-35-38)26(25)36(29)19-20-13-15-21(16-14-20)22-9-4-5-10-23(22)27-31-33-34-32-27/h4-5,8-16H,2-3,6-7,17-19H2,1H3,(H,31,32,33,34). The summed E-state index contributed by atoms with van der Waals surface area (Å²) in [5.41, 5.74) is 5.55. The molecule has 0 aliphatic heterocycles. The van der Waals surface area contributed by atoms with E-state index in [1.807, 2.05) is 66.1 Å². The summed E-state index contributed by atoms with van der Waals surface area (Å²) in [6.07, 6.45) is 1.99. The third kappa shape index (κ3) is 6.58. The van der Waals surface area contributed by atoms with Gasteiger partial charge in [0, 0.05) is 5.56 Å². The number of ether oxygens (including phenoxy) is 2. The van der Waals surface area contributed by atoms with Gasteiger partial charge in [0.25, 0.3) is 6.01 Å². The molecule has 42 heavy (non-hydrogen) atoms. The van der Waals surface area contributed by atoms with Crippen LogP contribution in [0.25, 0.3) is 33.5 Å². The number of esters is 1. The van der Waals surface area contributed by atoms with Crippen molar-refractivity contribution in [2.45, 2.75) is 32.7 Å². The van der Waals surface area contributed by atoms with E-state index >= 15 is 0 Å². The average molecular weight is 572 g/mol. The van der Waals surface area contributed by atoms with Crippen LogP contribution in [0.2, 0.25) is 0 Å². The van der Waals surface area contributed by atoms with Crippen molar-refractivity contribution in [3.05, 3.63) is 82.8 Å². The van der Waals surface area contributed by atoms with Crippen molar-refractivity contribution >= 4 is 17.0 Å². The summed E-state index contributed by atoms with van der Waals surface area (Å²) in [6, 6.07) is 21.8. The third-order valence-corrected chi connectivity index (χ3v) is 6.53. The van der Waals surface area contributed by atoms with Gasteiger partial charge in [0.2, 0.25) is 5.82 Å². The summed E-state index contributed by atoms with van der Waals surface area (Å²) >= 11 is 0. The van der Waals surface area contributed by atoms with Gasteiger partial charge in [-0.15, -0.1) is 15.1 Å². The molecule has 13 heteroatoms. The highest BCUT2D eigenvalue weighted by atomic mass is 17.3. The number of hydrogen-bond acceptors (Lipinski definition) is 11. The predicted molar refractivity (Wildman–Crippen MR) is 152 cm³/mol. The molecule has 0 aliphatic rings. The summed E-state index contributed by atoms with van der Waals surface area (Å²) in [5, 5.41) is 16.6. The van der Waals surface area contributed by atoms with E-state index in [-0.39, 0.29) is 13.2 Å². The van der Waals surface area contributed by atoms with Gasteiger partial charge in [-0.1, -0.05) is 54.6 Å². The van der Waals surface area contributed by atoms with Gasteiger partial charge in [0.05, 0.1) is 43.0 Å². The van der Waals surface area contributed by atoms with E-state index in [1.165, 1.54) is 0 Å². The number of unbranched alkanes of at least 4 members (excludes halogenated alkanes) is 2. The number of rotatable bonds is 15. The number of aromatic amines is 1.